The molecule has 1 saturated heterocycles. The van der Waals surface area contributed by atoms with Gasteiger partial charge in [0, 0.05) is 18.7 Å². The highest BCUT2D eigenvalue weighted by Gasteiger charge is 2.23. The third kappa shape index (κ3) is 3.26. The Morgan fingerprint density at radius 3 is 2.67 bits per heavy atom. The van der Waals surface area contributed by atoms with Crippen molar-refractivity contribution in [3.8, 4) is 5.88 Å². The van der Waals surface area contributed by atoms with E-state index < -0.39 is 4.87 Å². The number of thiazole rings is 1. The van der Waals surface area contributed by atoms with E-state index >= 15 is 0 Å². The molecule has 1 aromatic carbocycles. The lowest BCUT2D eigenvalue weighted by molar-refractivity contribution is -0.130. The first-order chi connectivity index (χ1) is 13.0. The minimum Gasteiger partial charge on any atom is -0.493 e. The van der Waals surface area contributed by atoms with Crippen molar-refractivity contribution in [3.05, 3.63) is 56.0 Å². The Hall–Kier alpha value is -2.93. The first-order valence-electron chi connectivity index (χ1n) is 8.78. The molecule has 7 heteroatoms. The number of allylic oxidation sites excluding steroid dienone is 2. The topological polar surface area (TPSA) is 79.6 Å². The van der Waals surface area contributed by atoms with Crippen LogP contribution in [0, 0.1) is 0 Å². The third-order valence-electron chi connectivity index (χ3n) is 4.85. The molecule has 1 amide bonds. The van der Waals surface area contributed by atoms with Gasteiger partial charge in [0.05, 0.1) is 4.88 Å². The van der Waals surface area contributed by atoms with Gasteiger partial charge in [0.15, 0.2) is 5.78 Å². The van der Waals surface area contributed by atoms with Gasteiger partial charge in [-0.05, 0) is 36.1 Å². The number of amides is 1. The Morgan fingerprint density at radius 2 is 1.89 bits per heavy atom. The summed E-state index contributed by atoms with van der Waals surface area (Å²) in [6, 6.07) is 7.44. The maximum absolute atomic E-state index is 12.3. The molecular weight excluding hydrogens is 364 g/mol. The van der Waals surface area contributed by atoms with Crippen molar-refractivity contribution in [1.29, 1.82) is 0 Å². The van der Waals surface area contributed by atoms with Gasteiger partial charge >= 0.3 is 4.87 Å². The quantitative estimate of drug-likeness (QED) is 0.827. The van der Waals surface area contributed by atoms with E-state index in [9.17, 15) is 19.5 Å². The zero-order valence-electron chi connectivity index (χ0n) is 14.6. The molecule has 2 aromatic rings. The van der Waals surface area contributed by atoms with E-state index in [2.05, 4.69) is 0 Å². The number of likely N-dealkylation sites (tertiary alicyclic amines) is 1. The summed E-state index contributed by atoms with van der Waals surface area (Å²) >= 11 is 0.830. The average Bonchev–Trinajstić information content (AvgIpc) is 3.29. The first kappa shape index (κ1) is 17.5. The Balaban J connectivity index is 1.68. The van der Waals surface area contributed by atoms with Crippen molar-refractivity contribution in [1.82, 2.24) is 9.47 Å². The molecule has 0 saturated carbocycles. The number of fused-ring (bicyclic) bond motifs is 1. The summed E-state index contributed by atoms with van der Waals surface area (Å²) < 4.78 is 1.08. The molecule has 27 heavy (non-hydrogen) atoms. The van der Waals surface area contributed by atoms with Gasteiger partial charge in [0.2, 0.25) is 11.8 Å². The number of ketones is 1. The molecule has 1 aliphatic carbocycles. The second-order valence-corrected chi connectivity index (χ2v) is 7.57. The van der Waals surface area contributed by atoms with Crippen LogP contribution in [0.3, 0.4) is 0 Å². The number of nitrogens with zero attached hydrogens (tertiary/aromatic N) is 2. The number of carbonyl (C=O) groups excluding carboxylic acids is 2. The molecule has 0 radical (unpaired) electrons. The zero-order valence-corrected chi connectivity index (χ0v) is 15.4. The van der Waals surface area contributed by atoms with Crippen molar-refractivity contribution in [2.24, 2.45) is 0 Å². The van der Waals surface area contributed by atoms with Gasteiger partial charge in [-0.25, -0.2) is 0 Å². The van der Waals surface area contributed by atoms with Gasteiger partial charge in [-0.3, -0.25) is 19.0 Å². The van der Waals surface area contributed by atoms with Crippen LogP contribution in [0.2, 0.25) is 0 Å². The fraction of sp³-hybridized carbons (Fsp3) is 0.250. The van der Waals surface area contributed by atoms with Crippen LogP contribution in [-0.4, -0.2) is 39.4 Å². The molecule has 4 rings (SSSR count). The van der Waals surface area contributed by atoms with Crippen LogP contribution in [0.25, 0.3) is 17.7 Å². The Labute approximate surface area is 159 Å². The minimum atomic E-state index is -0.418. The average molecular weight is 382 g/mol. The molecule has 2 aliphatic rings. The number of carbonyl (C=O) groups is 2. The van der Waals surface area contributed by atoms with E-state index in [1.807, 2.05) is 24.3 Å². The Bertz CT molecular complexity index is 1040. The fourth-order valence-corrected chi connectivity index (χ4v) is 4.23. The molecule has 138 valence electrons. The molecule has 0 atom stereocenters. The number of benzene rings is 1. The van der Waals surface area contributed by atoms with Gasteiger partial charge in [-0.15, -0.1) is 0 Å². The van der Waals surface area contributed by atoms with Gasteiger partial charge in [-0.2, -0.15) is 0 Å². The highest BCUT2D eigenvalue weighted by Crippen LogP contribution is 2.31. The van der Waals surface area contributed by atoms with Crippen molar-refractivity contribution in [3.63, 3.8) is 0 Å². The lowest BCUT2D eigenvalue weighted by Gasteiger charge is -2.15. The van der Waals surface area contributed by atoms with E-state index in [4.69, 9.17) is 0 Å². The summed E-state index contributed by atoms with van der Waals surface area (Å²) in [7, 11) is 0. The van der Waals surface area contributed by atoms with E-state index in [1.54, 1.807) is 11.0 Å². The van der Waals surface area contributed by atoms with E-state index in [0.717, 1.165) is 39.9 Å². The summed E-state index contributed by atoms with van der Waals surface area (Å²) in [6.45, 7) is 1.19. The maximum atomic E-state index is 12.3. The second-order valence-electron chi connectivity index (χ2n) is 6.57. The summed E-state index contributed by atoms with van der Waals surface area (Å²) in [6.07, 6.45) is 6.67. The molecule has 1 aromatic heterocycles. The third-order valence-corrected chi connectivity index (χ3v) is 5.77. The predicted molar refractivity (Wildman–Crippen MR) is 104 cm³/mol. The number of rotatable bonds is 3. The number of aromatic nitrogens is 1. The van der Waals surface area contributed by atoms with Crippen LogP contribution in [0.4, 0.5) is 0 Å². The SMILES string of the molecule is O=C1C=Cc2ccccc2/C1=C/c1sc(=O)n(CC(=O)N2CCCC2)c1O. The first-order valence-corrected chi connectivity index (χ1v) is 9.60. The highest BCUT2D eigenvalue weighted by molar-refractivity contribution is 7.10. The van der Waals surface area contributed by atoms with E-state index in [0.29, 0.717) is 18.7 Å². The largest absolute Gasteiger partial charge is 0.493 e. The molecule has 0 unspecified atom stereocenters. The van der Waals surface area contributed by atoms with Crippen molar-refractivity contribution in [2.45, 2.75) is 19.4 Å². The summed E-state index contributed by atoms with van der Waals surface area (Å²) in [4.78, 5) is 38.5. The molecule has 1 fully saturated rings. The van der Waals surface area contributed by atoms with Crippen LogP contribution in [0.1, 0.15) is 28.8 Å². The minimum absolute atomic E-state index is 0.177. The fourth-order valence-electron chi connectivity index (χ4n) is 3.41. The standard InChI is InChI=1S/C20H18N2O4S/c23-16-8-7-13-5-1-2-6-14(13)15(16)11-17-19(25)22(20(26)27-17)12-18(24)21-9-3-4-10-21/h1-2,5-8,11,25H,3-4,9-10,12H2/b15-11-. The van der Waals surface area contributed by atoms with E-state index in [-0.39, 0.29) is 29.0 Å². The number of hydrogen-bond acceptors (Lipinski definition) is 5. The van der Waals surface area contributed by atoms with Gasteiger partial charge < -0.3 is 10.0 Å². The summed E-state index contributed by atoms with van der Waals surface area (Å²) in [5.74, 6) is -0.637. The van der Waals surface area contributed by atoms with Crippen LogP contribution in [0.15, 0.2) is 35.1 Å². The van der Waals surface area contributed by atoms with Gasteiger partial charge in [0.1, 0.15) is 6.54 Å². The zero-order chi connectivity index (χ0) is 19.0. The van der Waals surface area contributed by atoms with Crippen LogP contribution in [0.5, 0.6) is 5.88 Å². The molecule has 1 N–H and O–H groups in total. The molecule has 1 aliphatic heterocycles. The van der Waals surface area contributed by atoms with Crippen molar-refractivity contribution >= 4 is 40.8 Å². The monoisotopic (exact) mass is 382 g/mol. The molecule has 6 nitrogen and oxygen atoms in total. The second kappa shape index (κ2) is 7.00. The lowest BCUT2D eigenvalue weighted by atomic mass is 9.91. The van der Waals surface area contributed by atoms with Crippen LogP contribution < -0.4 is 4.87 Å². The van der Waals surface area contributed by atoms with Gasteiger partial charge in [0.25, 0.3) is 0 Å². The smallest absolute Gasteiger partial charge is 0.311 e. The Kier molecular flexibility index (Phi) is 4.53. The predicted octanol–water partition coefficient (Wildman–Crippen LogP) is 2.37. The normalized spacial score (nSPS) is 17.6. The molecule has 2 heterocycles. The van der Waals surface area contributed by atoms with Crippen molar-refractivity contribution < 1.29 is 14.7 Å². The van der Waals surface area contributed by atoms with Crippen LogP contribution in [-0.2, 0) is 16.1 Å². The molecule has 0 spiro atoms. The Morgan fingerprint density at radius 1 is 1.15 bits per heavy atom. The molecule has 0 bridgehead atoms. The molecular formula is C20H18N2O4S. The lowest BCUT2D eigenvalue weighted by Crippen LogP contribution is -2.33. The van der Waals surface area contributed by atoms with Gasteiger partial charge in [-0.1, -0.05) is 41.7 Å². The van der Waals surface area contributed by atoms with Crippen molar-refractivity contribution in [2.75, 3.05) is 13.1 Å². The summed E-state index contributed by atoms with van der Waals surface area (Å²) in [5, 5.41) is 10.5. The number of aromatic hydroxyl groups is 1. The van der Waals surface area contributed by atoms with Crippen LogP contribution >= 0.6 is 11.3 Å². The highest BCUT2D eigenvalue weighted by atomic mass is 32.1. The maximum Gasteiger partial charge on any atom is 0.311 e. The van der Waals surface area contributed by atoms with E-state index in [1.165, 1.54) is 12.2 Å². The number of hydrogen-bond donors (Lipinski definition) is 1. The summed E-state index contributed by atoms with van der Waals surface area (Å²) in [5.41, 5.74) is 2.08.